The van der Waals surface area contributed by atoms with Crippen LogP contribution in [0.4, 0.5) is 0 Å². The lowest BCUT2D eigenvalue weighted by molar-refractivity contribution is 0.0951. The van der Waals surface area contributed by atoms with Crippen LogP contribution in [0, 0.1) is 0 Å². The third kappa shape index (κ3) is 3.36. The Morgan fingerprint density at radius 2 is 2.14 bits per heavy atom. The van der Waals surface area contributed by atoms with Crippen LogP contribution >= 0.6 is 0 Å². The number of hydrogen-bond donors (Lipinski definition) is 1. The molecule has 0 aliphatic heterocycles. The lowest BCUT2D eigenvalue weighted by Crippen LogP contribution is -2.25. The second-order valence-electron chi connectivity index (χ2n) is 4.97. The first-order valence-electron chi connectivity index (χ1n) is 7.05. The maximum absolute atomic E-state index is 11.9. The van der Waals surface area contributed by atoms with E-state index in [1.165, 1.54) is 0 Å². The van der Waals surface area contributed by atoms with Gasteiger partial charge in [-0.2, -0.15) is 0 Å². The highest BCUT2D eigenvalue weighted by atomic mass is 16.5. The summed E-state index contributed by atoms with van der Waals surface area (Å²) in [5.74, 6) is 1.33. The molecule has 110 valence electrons. The summed E-state index contributed by atoms with van der Waals surface area (Å²) in [7, 11) is 0. The zero-order valence-corrected chi connectivity index (χ0v) is 11.8. The Bertz CT molecular complexity index is 619. The van der Waals surface area contributed by atoms with Crippen LogP contribution in [0.15, 0.2) is 24.3 Å². The second-order valence-corrected chi connectivity index (χ2v) is 4.97. The van der Waals surface area contributed by atoms with Crippen LogP contribution in [0.5, 0.6) is 5.75 Å². The Morgan fingerprint density at radius 3 is 2.81 bits per heavy atom. The summed E-state index contributed by atoms with van der Waals surface area (Å²) in [6, 6.07) is 7.44. The molecule has 0 bridgehead atoms. The summed E-state index contributed by atoms with van der Waals surface area (Å²) < 4.78 is 7.30. The minimum atomic E-state index is -0.0287. The van der Waals surface area contributed by atoms with Crippen LogP contribution in [0.2, 0.25) is 0 Å². The highest BCUT2D eigenvalue weighted by Gasteiger charge is 2.23. The first-order chi connectivity index (χ1) is 10.3. The summed E-state index contributed by atoms with van der Waals surface area (Å²) in [5.41, 5.74) is 0.646. The largest absolute Gasteiger partial charge is 0.486 e. The van der Waals surface area contributed by atoms with Gasteiger partial charge in [0.2, 0.25) is 0 Å². The van der Waals surface area contributed by atoms with E-state index in [0.717, 1.165) is 12.8 Å². The van der Waals surface area contributed by atoms with E-state index in [0.29, 0.717) is 36.3 Å². The van der Waals surface area contributed by atoms with Gasteiger partial charge in [-0.25, -0.2) is 4.68 Å². The van der Waals surface area contributed by atoms with Crippen LogP contribution in [0.1, 0.15) is 35.9 Å². The normalized spacial score (nSPS) is 14.0. The fourth-order valence-corrected chi connectivity index (χ4v) is 1.92. The fourth-order valence-electron chi connectivity index (χ4n) is 1.92. The van der Waals surface area contributed by atoms with Crippen molar-refractivity contribution in [1.82, 2.24) is 25.5 Å². The van der Waals surface area contributed by atoms with Crippen LogP contribution < -0.4 is 10.1 Å². The van der Waals surface area contributed by atoms with E-state index in [1.807, 2.05) is 6.92 Å². The number of tetrazole rings is 1. The minimum Gasteiger partial charge on any atom is -0.486 e. The van der Waals surface area contributed by atoms with E-state index < -0.39 is 0 Å². The molecule has 1 heterocycles. The third-order valence-corrected chi connectivity index (χ3v) is 3.30. The molecule has 1 fully saturated rings. The monoisotopic (exact) mass is 287 g/mol. The molecule has 1 amide bonds. The summed E-state index contributed by atoms with van der Waals surface area (Å²) >= 11 is 0. The lowest BCUT2D eigenvalue weighted by atomic mass is 10.2. The number of nitrogens with zero attached hydrogens (tertiary/aromatic N) is 4. The van der Waals surface area contributed by atoms with E-state index in [9.17, 15) is 4.79 Å². The van der Waals surface area contributed by atoms with E-state index in [4.69, 9.17) is 4.74 Å². The van der Waals surface area contributed by atoms with Gasteiger partial charge in [0.1, 0.15) is 12.4 Å². The predicted molar refractivity (Wildman–Crippen MR) is 74.8 cm³/mol. The molecule has 1 N–H and O–H groups in total. The highest BCUT2D eigenvalue weighted by Crippen LogP contribution is 2.20. The standard InChI is InChI=1S/C14H17N5O2/c1-2-19-13(16-17-18-19)9-21-12-7-3-10(4-8-12)14(20)15-11-5-6-11/h3-4,7-8,11H,2,5-6,9H2,1H3,(H,15,20). The Morgan fingerprint density at radius 1 is 1.38 bits per heavy atom. The molecule has 1 aromatic heterocycles. The van der Waals surface area contributed by atoms with Gasteiger partial charge >= 0.3 is 0 Å². The van der Waals surface area contributed by atoms with Crippen molar-refractivity contribution in [1.29, 1.82) is 0 Å². The molecule has 3 rings (SSSR count). The number of nitrogens with one attached hydrogen (secondary N) is 1. The van der Waals surface area contributed by atoms with Gasteiger partial charge in [0.25, 0.3) is 5.91 Å². The zero-order chi connectivity index (χ0) is 14.7. The average Bonchev–Trinajstić information content (AvgIpc) is 3.20. The number of hydrogen-bond acceptors (Lipinski definition) is 5. The van der Waals surface area contributed by atoms with Gasteiger partial charge in [0, 0.05) is 18.2 Å². The van der Waals surface area contributed by atoms with Gasteiger partial charge in [0.05, 0.1) is 0 Å². The molecule has 2 aromatic rings. The van der Waals surface area contributed by atoms with Crippen molar-refractivity contribution < 1.29 is 9.53 Å². The summed E-state index contributed by atoms with van der Waals surface area (Å²) in [6.45, 7) is 2.97. The number of ether oxygens (including phenoxy) is 1. The molecule has 1 aliphatic carbocycles. The van der Waals surface area contributed by atoms with E-state index in [1.54, 1.807) is 28.9 Å². The molecule has 7 nitrogen and oxygen atoms in total. The minimum absolute atomic E-state index is 0.0287. The fraction of sp³-hybridized carbons (Fsp3) is 0.429. The average molecular weight is 287 g/mol. The summed E-state index contributed by atoms with van der Waals surface area (Å²) in [6.07, 6.45) is 2.16. The van der Waals surface area contributed by atoms with Crippen molar-refractivity contribution in [3.05, 3.63) is 35.7 Å². The Hall–Kier alpha value is -2.44. The van der Waals surface area contributed by atoms with Gasteiger partial charge in [-0.3, -0.25) is 4.79 Å². The molecule has 0 spiro atoms. The maximum atomic E-state index is 11.9. The number of aryl methyl sites for hydroxylation is 1. The smallest absolute Gasteiger partial charge is 0.251 e. The Balaban J connectivity index is 1.57. The molecule has 0 atom stereocenters. The molecule has 1 aromatic carbocycles. The Kier molecular flexibility index (Phi) is 3.81. The molecule has 1 aliphatic rings. The van der Waals surface area contributed by atoms with Gasteiger partial charge in [-0.1, -0.05) is 0 Å². The number of benzene rings is 1. The van der Waals surface area contributed by atoms with Crippen LogP contribution in [-0.2, 0) is 13.2 Å². The quantitative estimate of drug-likeness (QED) is 0.862. The van der Waals surface area contributed by atoms with E-state index in [2.05, 4.69) is 20.8 Å². The van der Waals surface area contributed by atoms with E-state index >= 15 is 0 Å². The Labute approximate surface area is 122 Å². The van der Waals surface area contributed by atoms with Crippen molar-refractivity contribution in [3.8, 4) is 5.75 Å². The van der Waals surface area contributed by atoms with Gasteiger partial charge < -0.3 is 10.1 Å². The maximum Gasteiger partial charge on any atom is 0.251 e. The predicted octanol–water partition coefficient (Wildman–Crippen LogP) is 1.16. The summed E-state index contributed by atoms with van der Waals surface area (Å²) in [5, 5.41) is 14.3. The van der Waals surface area contributed by atoms with Gasteiger partial charge in [0.15, 0.2) is 5.82 Å². The number of amides is 1. The second kappa shape index (κ2) is 5.90. The molecule has 0 radical (unpaired) electrons. The lowest BCUT2D eigenvalue weighted by Gasteiger charge is -2.07. The van der Waals surface area contributed by atoms with Gasteiger partial charge in [-0.05, 0) is 54.5 Å². The molecule has 1 saturated carbocycles. The highest BCUT2D eigenvalue weighted by molar-refractivity contribution is 5.94. The number of carbonyl (C=O) groups is 1. The molecular weight excluding hydrogens is 270 g/mol. The first-order valence-corrected chi connectivity index (χ1v) is 7.05. The number of rotatable bonds is 6. The topological polar surface area (TPSA) is 81.9 Å². The first kappa shape index (κ1) is 13.5. The van der Waals surface area contributed by atoms with Crippen molar-refractivity contribution >= 4 is 5.91 Å². The van der Waals surface area contributed by atoms with E-state index in [-0.39, 0.29) is 5.91 Å². The van der Waals surface area contributed by atoms with Crippen molar-refractivity contribution in [2.45, 2.75) is 39.0 Å². The van der Waals surface area contributed by atoms with Crippen molar-refractivity contribution in [2.75, 3.05) is 0 Å². The third-order valence-electron chi connectivity index (χ3n) is 3.30. The van der Waals surface area contributed by atoms with Crippen LogP contribution in [0.25, 0.3) is 0 Å². The zero-order valence-electron chi connectivity index (χ0n) is 11.8. The summed E-state index contributed by atoms with van der Waals surface area (Å²) in [4.78, 5) is 11.9. The van der Waals surface area contributed by atoms with Crippen LogP contribution in [0.3, 0.4) is 0 Å². The molecule has 0 unspecified atom stereocenters. The van der Waals surface area contributed by atoms with Crippen molar-refractivity contribution in [2.24, 2.45) is 0 Å². The van der Waals surface area contributed by atoms with Gasteiger partial charge in [-0.15, -0.1) is 5.10 Å². The van der Waals surface area contributed by atoms with Crippen molar-refractivity contribution in [3.63, 3.8) is 0 Å². The molecular formula is C14H17N5O2. The van der Waals surface area contributed by atoms with Crippen LogP contribution in [-0.4, -0.2) is 32.2 Å². The SMILES string of the molecule is CCn1nnnc1COc1ccc(C(=O)NC2CC2)cc1. The molecule has 0 saturated heterocycles. The molecule has 21 heavy (non-hydrogen) atoms. The number of carbonyl (C=O) groups excluding carboxylic acids is 1. The number of aromatic nitrogens is 4. The molecule has 7 heteroatoms.